The Kier molecular flexibility index (Phi) is 5.60. The Hall–Kier alpha value is -3.83. The second kappa shape index (κ2) is 8.26. The zero-order valence-corrected chi connectivity index (χ0v) is 18.4. The first kappa shape index (κ1) is 22.4. The number of nitrogens with zero attached hydrogens (tertiary/aromatic N) is 2. The lowest BCUT2D eigenvalue weighted by atomic mass is 10.0. The van der Waals surface area contributed by atoms with Gasteiger partial charge in [-0.2, -0.15) is 4.31 Å². The fraction of sp³-hybridized carbons (Fsp3) is 0.0455. The third kappa shape index (κ3) is 3.70. The highest BCUT2D eigenvalue weighted by Gasteiger charge is 2.59. The van der Waals surface area contributed by atoms with Gasteiger partial charge in [-0.25, -0.2) is 21.6 Å². The van der Waals surface area contributed by atoms with E-state index in [0.29, 0.717) is 0 Å². The predicted molar refractivity (Wildman–Crippen MR) is 116 cm³/mol. The standard InChI is InChI=1S/C22H16N2O7S2/c25-20(16-10-4-1-5-11-16)19-21(26)24(33(30,31)18-14-8-3-9-15-18)22(27)23(19)32(28,29)17-12-6-2-7-13-17/h1-15,19H. The van der Waals surface area contributed by atoms with E-state index in [0.717, 1.165) is 12.1 Å². The fourth-order valence-electron chi connectivity index (χ4n) is 3.35. The molecule has 1 heterocycles. The van der Waals surface area contributed by atoms with Crippen molar-refractivity contribution in [2.24, 2.45) is 0 Å². The van der Waals surface area contributed by atoms with E-state index in [1.54, 1.807) is 6.07 Å². The fourth-order valence-corrected chi connectivity index (χ4v) is 6.22. The highest BCUT2D eigenvalue weighted by atomic mass is 32.2. The first-order valence-corrected chi connectivity index (χ1v) is 12.4. The zero-order valence-electron chi connectivity index (χ0n) is 16.8. The van der Waals surface area contributed by atoms with Crippen LogP contribution in [0.1, 0.15) is 10.4 Å². The average molecular weight is 485 g/mol. The highest BCUT2D eigenvalue weighted by molar-refractivity contribution is 7.91. The number of amides is 3. The number of imide groups is 1. The maximum Gasteiger partial charge on any atom is 0.356 e. The van der Waals surface area contributed by atoms with Crippen LogP contribution in [-0.2, 0) is 24.8 Å². The number of hydrogen-bond acceptors (Lipinski definition) is 7. The van der Waals surface area contributed by atoms with Crippen molar-refractivity contribution in [3.05, 3.63) is 96.6 Å². The Morgan fingerprint density at radius 1 is 0.636 bits per heavy atom. The van der Waals surface area contributed by atoms with Gasteiger partial charge in [0.25, 0.3) is 26.0 Å². The summed E-state index contributed by atoms with van der Waals surface area (Å²) in [7, 11) is -9.55. The van der Waals surface area contributed by atoms with Crippen LogP contribution in [0.3, 0.4) is 0 Å². The first-order chi connectivity index (χ1) is 15.7. The second-order valence-corrected chi connectivity index (χ2v) is 10.6. The van der Waals surface area contributed by atoms with Crippen LogP contribution in [0.5, 0.6) is 0 Å². The number of Topliss-reactive ketones (excluding diaryl/α,β-unsaturated/α-hetero) is 1. The first-order valence-electron chi connectivity index (χ1n) is 9.54. The van der Waals surface area contributed by atoms with Crippen LogP contribution in [0.15, 0.2) is 101 Å². The summed E-state index contributed by atoms with van der Waals surface area (Å²) in [6.45, 7) is 0. The van der Waals surface area contributed by atoms with Gasteiger partial charge in [-0.05, 0) is 24.3 Å². The lowest BCUT2D eigenvalue weighted by molar-refractivity contribution is -0.123. The normalized spacial score (nSPS) is 16.8. The Bertz CT molecular complexity index is 1440. The Balaban J connectivity index is 1.90. The minimum absolute atomic E-state index is 0.0422. The molecule has 168 valence electrons. The molecule has 0 aliphatic carbocycles. The zero-order chi connectivity index (χ0) is 23.8. The maximum atomic E-state index is 13.3. The molecule has 33 heavy (non-hydrogen) atoms. The monoisotopic (exact) mass is 484 g/mol. The Morgan fingerprint density at radius 2 is 1.06 bits per heavy atom. The van der Waals surface area contributed by atoms with Gasteiger partial charge in [-0.3, -0.25) is 9.59 Å². The molecule has 11 heteroatoms. The van der Waals surface area contributed by atoms with Crippen LogP contribution in [0.25, 0.3) is 0 Å². The molecule has 0 N–H and O–H groups in total. The van der Waals surface area contributed by atoms with E-state index >= 15 is 0 Å². The van der Waals surface area contributed by atoms with E-state index in [-0.39, 0.29) is 19.1 Å². The number of carbonyl (C=O) groups is 3. The maximum absolute atomic E-state index is 13.3. The number of rotatable bonds is 6. The summed E-state index contributed by atoms with van der Waals surface area (Å²) in [6.07, 6.45) is 0. The number of urea groups is 1. The van der Waals surface area contributed by atoms with E-state index in [4.69, 9.17) is 0 Å². The molecule has 3 aromatic carbocycles. The molecule has 3 amide bonds. The number of benzene rings is 3. The Morgan fingerprint density at radius 3 is 1.55 bits per heavy atom. The summed E-state index contributed by atoms with van der Waals surface area (Å²) < 4.78 is 52.8. The van der Waals surface area contributed by atoms with Crippen molar-refractivity contribution in [2.75, 3.05) is 0 Å². The number of ketones is 1. The second-order valence-electron chi connectivity index (χ2n) is 6.95. The van der Waals surface area contributed by atoms with Gasteiger partial charge >= 0.3 is 6.03 Å². The summed E-state index contributed by atoms with van der Waals surface area (Å²) in [5.74, 6) is -2.50. The van der Waals surface area contributed by atoms with E-state index in [2.05, 4.69) is 0 Å². The number of hydrogen-bond donors (Lipinski definition) is 0. The molecule has 1 aliphatic rings. The van der Waals surface area contributed by atoms with E-state index in [1.165, 1.54) is 72.8 Å². The minimum Gasteiger partial charge on any atom is -0.291 e. The van der Waals surface area contributed by atoms with Crippen molar-refractivity contribution in [1.29, 1.82) is 0 Å². The summed E-state index contributed by atoms with van der Waals surface area (Å²) in [6, 6.07) is 16.6. The van der Waals surface area contributed by atoms with Crippen molar-refractivity contribution in [3.63, 3.8) is 0 Å². The molecule has 0 radical (unpaired) electrons. The molecular formula is C22H16N2O7S2. The summed E-state index contributed by atoms with van der Waals surface area (Å²) in [5.41, 5.74) is -0.0594. The van der Waals surface area contributed by atoms with E-state index in [1.807, 2.05) is 0 Å². The molecule has 1 fully saturated rings. The van der Waals surface area contributed by atoms with Gasteiger partial charge in [0.15, 0.2) is 11.8 Å². The van der Waals surface area contributed by atoms with Crippen LogP contribution in [0.2, 0.25) is 0 Å². The van der Waals surface area contributed by atoms with Crippen LogP contribution in [0.4, 0.5) is 4.79 Å². The SMILES string of the molecule is O=C(c1ccccc1)C1C(=O)N(S(=O)(=O)c2ccccc2)C(=O)N1S(=O)(=O)c1ccccc1. The molecule has 1 atom stereocenters. The summed E-state index contributed by atoms with van der Waals surface area (Å²) >= 11 is 0. The van der Waals surface area contributed by atoms with Crippen LogP contribution >= 0.6 is 0 Å². The number of sulfonamides is 2. The van der Waals surface area contributed by atoms with Crippen molar-refractivity contribution in [1.82, 2.24) is 8.61 Å². The van der Waals surface area contributed by atoms with Gasteiger partial charge in [0, 0.05) is 5.56 Å². The largest absolute Gasteiger partial charge is 0.356 e. The molecule has 1 unspecified atom stereocenters. The van der Waals surface area contributed by atoms with Crippen molar-refractivity contribution >= 4 is 37.8 Å². The van der Waals surface area contributed by atoms with Crippen LogP contribution in [0, 0.1) is 0 Å². The number of carbonyl (C=O) groups excluding carboxylic acids is 3. The molecule has 9 nitrogen and oxygen atoms in total. The summed E-state index contributed by atoms with van der Waals surface area (Å²) in [5, 5.41) is 0. The smallest absolute Gasteiger partial charge is 0.291 e. The van der Waals surface area contributed by atoms with Gasteiger partial charge < -0.3 is 0 Å². The third-order valence-corrected chi connectivity index (χ3v) is 8.36. The average Bonchev–Trinajstić information content (AvgIpc) is 3.11. The molecule has 3 aromatic rings. The summed E-state index contributed by atoms with van der Waals surface area (Å²) in [4.78, 5) is 38.9. The van der Waals surface area contributed by atoms with Gasteiger partial charge in [0.1, 0.15) is 0 Å². The highest BCUT2D eigenvalue weighted by Crippen LogP contribution is 2.32. The van der Waals surface area contributed by atoms with Gasteiger partial charge in [0.05, 0.1) is 9.79 Å². The van der Waals surface area contributed by atoms with Gasteiger partial charge in [0.2, 0.25) is 0 Å². The lowest BCUT2D eigenvalue weighted by Crippen LogP contribution is -2.45. The lowest BCUT2D eigenvalue weighted by Gasteiger charge is -2.20. The van der Waals surface area contributed by atoms with Crippen molar-refractivity contribution in [2.45, 2.75) is 15.8 Å². The molecule has 0 bridgehead atoms. The molecular weight excluding hydrogens is 468 g/mol. The van der Waals surface area contributed by atoms with Crippen molar-refractivity contribution in [3.8, 4) is 0 Å². The molecule has 0 spiro atoms. The Labute approximate surface area is 190 Å². The molecule has 1 saturated heterocycles. The van der Waals surface area contributed by atoms with Gasteiger partial charge in [-0.15, -0.1) is 4.31 Å². The topological polar surface area (TPSA) is 126 Å². The quantitative estimate of drug-likeness (QED) is 0.298. The van der Waals surface area contributed by atoms with Crippen LogP contribution < -0.4 is 0 Å². The third-order valence-electron chi connectivity index (χ3n) is 4.92. The molecule has 0 aromatic heterocycles. The van der Waals surface area contributed by atoms with Crippen LogP contribution in [-0.4, -0.2) is 49.2 Å². The molecule has 1 aliphatic heterocycles. The molecule has 4 rings (SSSR count). The van der Waals surface area contributed by atoms with E-state index in [9.17, 15) is 31.2 Å². The molecule has 0 saturated carbocycles. The minimum atomic E-state index is -4.79. The van der Waals surface area contributed by atoms with E-state index < -0.39 is 48.7 Å². The predicted octanol–water partition coefficient (Wildman–Crippen LogP) is 2.28. The van der Waals surface area contributed by atoms with Crippen molar-refractivity contribution < 1.29 is 31.2 Å². The van der Waals surface area contributed by atoms with Gasteiger partial charge in [-0.1, -0.05) is 66.7 Å².